The summed E-state index contributed by atoms with van der Waals surface area (Å²) in [5.74, 6) is -1.44. The molecule has 15 heteroatoms. The van der Waals surface area contributed by atoms with Crippen molar-refractivity contribution < 1.29 is 31.2 Å². The van der Waals surface area contributed by atoms with Crippen molar-refractivity contribution in [2.75, 3.05) is 30.5 Å². The van der Waals surface area contributed by atoms with Crippen LogP contribution >= 0.6 is 23.1 Å². The molecule has 3 aromatic rings. The van der Waals surface area contributed by atoms with Crippen molar-refractivity contribution in [2.45, 2.75) is 15.4 Å². The molecule has 3 rings (SSSR count). The number of carbonyl (C=O) groups is 2. The monoisotopic (exact) mass is 545 g/mol. The minimum Gasteiger partial charge on any atom is -0.325 e. The fourth-order valence-electron chi connectivity index (χ4n) is 2.63. The molecule has 9 nitrogen and oxygen atoms in total. The van der Waals surface area contributed by atoms with E-state index in [4.69, 9.17) is 0 Å². The average Bonchev–Trinajstić information content (AvgIpc) is 3.24. The summed E-state index contributed by atoms with van der Waals surface area (Å²) in [5.41, 5.74) is -1.11. The predicted octanol–water partition coefficient (Wildman–Crippen LogP) is 3.79. The highest BCUT2D eigenvalue weighted by Crippen LogP contribution is 2.34. The smallest absolute Gasteiger partial charge is 0.325 e. The molecule has 1 aromatic heterocycles. The summed E-state index contributed by atoms with van der Waals surface area (Å²) in [6, 6.07) is 9.96. The van der Waals surface area contributed by atoms with Crippen LogP contribution in [0.15, 0.2) is 57.8 Å². The summed E-state index contributed by atoms with van der Waals surface area (Å²) >= 11 is 1.91. The van der Waals surface area contributed by atoms with Gasteiger partial charge >= 0.3 is 6.18 Å². The predicted molar refractivity (Wildman–Crippen MR) is 126 cm³/mol. The van der Waals surface area contributed by atoms with E-state index in [2.05, 4.69) is 20.8 Å². The number of nitrogens with zero attached hydrogens (tertiary/aromatic N) is 3. The van der Waals surface area contributed by atoms with Crippen molar-refractivity contribution in [3.8, 4) is 0 Å². The fourth-order valence-corrected chi connectivity index (χ4v) is 5.08. The second-order valence-corrected chi connectivity index (χ2v) is 11.4. The fraction of sp³-hybridized carbons (Fsp3) is 0.200. The number of anilines is 2. The number of aromatic nitrogens is 2. The number of para-hydroxylation sites is 1. The zero-order valence-electron chi connectivity index (χ0n) is 18.2. The summed E-state index contributed by atoms with van der Waals surface area (Å²) in [5, 5.41) is 12.5. The molecule has 0 aliphatic carbocycles. The first kappa shape index (κ1) is 26.6. The van der Waals surface area contributed by atoms with Gasteiger partial charge in [0.15, 0.2) is 4.34 Å². The van der Waals surface area contributed by atoms with E-state index in [1.165, 1.54) is 50.5 Å². The minimum atomic E-state index is -4.61. The van der Waals surface area contributed by atoms with Crippen LogP contribution in [0.4, 0.5) is 24.0 Å². The number of hydrogen-bond acceptors (Lipinski definition) is 8. The number of hydrogen-bond donors (Lipinski definition) is 2. The Labute approximate surface area is 206 Å². The molecule has 2 aromatic carbocycles. The minimum absolute atomic E-state index is 0.0322. The first-order valence-corrected chi connectivity index (χ1v) is 12.9. The molecule has 0 unspecified atom stereocenters. The van der Waals surface area contributed by atoms with Gasteiger partial charge in [-0.05, 0) is 36.4 Å². The molecular formula is C20H18F3N5O4S3. The molecule has 0 aliphatic rings. The Morgan fingerprint density at radius 1 is 1.03 bits per heavy atom. The van der Waals surface area contributed by atoms with Crippen LogP contribution in [0.1, 0.15) is 15.9 Å². The van der Waals surface area contributed by atoms with Gasteiger partial charge in [-0.15, -0.1) is 10.2 Å². The quantitative estimate of drug-likeness (QED) is 0.326. The maximum absolute atomic E-state index is 13.0. The molecule has 0 saturated carbocycles. The lowest BCUT2D eigenvalue weighted by Gasteiger charge is -2.13. The first-order chi connectivity index (χ1) is 16.4. The Morgan fingerprint density at radius 2 is 1.69 bits per heavy atom. The van der Waals surface area contributed by atoms with Gasteiger partial charge in [-0.1, -0.05) is 35.2 Å². The lowest BCUT2D eigenvalue weighted by Crippen LogP contribution is -2.22. The number of halogens is 3. The Kier molecular flexibility index (Phi) is 8.15. The standard InChI is InChI=1S/C20H18F3N5O4S3/c1-28(2)35(31,32)13-9-7-12(8-10-13)17(30)25-18-26-27-19(34-18)33-11-16(29)24-15-6-4-3-5-14(15)20(21,22)23/h3-10H,11H2,1-2H3,(H,24,29)(H,25,26,30). The first-order valence-electron chi connectivity index (χ1n) is 9.64. The highest BCUT2D eigenvalue weighted by molar-refractivity contribution is 8.01. The maximum atomic E-state index is 13.0. The molecule has 186 valence electrons. The Bertz CT molecular complexity index is 1330. The lowest BCUT2D eigenvalue weighted by atomic mass is 10.1. The van der Waals surface area contributed by atoms with Crippen LogP contribution in [0.3, 0.4) is 0 Å². The molecule has 0 fully saturated rings. The summed E-state index contributed by atoms with van der Waals surface area (Å²) in [4.78, 5) is 24.6. The molecule has 1 heterocycles. The summed E-state index contributed by atoms with van der Waals surface area (Å²) in [6.07, 6.45) is -4.61. The van der Waals surface area contributed by atoms with Crippen molar-refractivity contribution >= 4 is 55.8 Å². The number of thioether (sulfide) groups is 1. The normalized spacial score (nSPS) is 11.9. The van der Waals surface area contributed by atoms with Crippen molar-refractivity contribution in [1.29, 1.82) is 0 Å². The van der Waals surface area contributed by atoms with Crippen LogP contribution in [0.2, 0.25) is 0 Å². The second kappa shape index (κ2) is 10.7. The van der Waals surface area contributed by atoms with Gasteiger partial charge < -0.3 is 5.32 Å². The molecule has 0 atom stereocenters. The molecule has 0 saturated heterocycles. The number of carbonyl (C=O) groups excluding carboxylic acids is 2. The van der Waals surface area contributed by atoms with Gasteiger partial charge in [0.2, 0.25) is 21.1 Å². The van der Waals surface area contributed by atoms with E-state index >= 15 is 0 Å². The Balaban J connectivity index is 1.56. The molecule has 0 bridgehead atoms. The SMILES string of the molecule is CN(C)S(=O)(=O)c1ccc(C(=O)Nc2nnc(SCC(=O)Nc3ccccc3C(F)(F)F)s2)cc1. The van der Waals surface area contributed by atoms with E-state index in [0.29, 0.717) is 4.34 Å². The van der Waals surface area contributed by atoms with Crippen LogP contribution in [-0.4, -0.2) is 54.6 Å². The van der Waals surface area contributed by atoms with E-state index < -0.39 is 33.6 Å². The summed E-state index contributed by atoms with van der Waals surface area (Å²) in [7, 11) is -0.838. The van der Waals surface area contributed by atoms with E-state index in [1.54, 1.807) is 0 Å². The highest BCUT2D eigenvalue weighted by atomic mass is 32.2. The van der Waals surface area contributed by atoms with E-state index in [9.17, 15) is 31.2 Å². The third-order valence-electron chi connectivity index (χ3n) is 4.36. The third kappa shape index (κ3) is 6.78. The van der Waals surface area contributed by atoms with Crippen molar-refractivity contribution in [1.82, 2.24) is 14.5 Å². The third-order valence-corrected chi connectivity index (χ3v) is 8.16. The molecule has 0 radical (unpaired) electrons. The molecule has 35 heavy (non-hydrogen) atoms. The lowest BCUT2D eigenvalue weighted by molar-refractivity contribution is -0.137. The second-order valence-electron chi connectivity index (χ2n) is 7.02. The van der Waals surface area contributed by atoms with Gasteiger partial charge in [0.25, 0.3) is 5.91 Å². The number of benzene rings is 2. The molecule has 0 aliphatic heterocycles. The molecule has 2 N–H and O–H groups in total. The van der Waals surface area contributed by atoms with Crippen molar-refractivity contribution in [2.24, 2.45) is 0 Å². The van der Waals surface area contributed by atoms with E-state index in [-0.39, 0.29) is 27.0 Å². The van der Waals surface area contributed by atoms with Crippen LogP contribution in [-0.2, 0) is 21.0 Å². The van der Waals surface area contributed by atoms with Gasteiger partial charge in [-0.2, -0.15) is 13.2 Å². The zero-order chi connectivity index (χ0) is 25.8. The highest BCUT2D eigenvalue weighted by Gasteiger charge is 2.33. The largest absolute Gasteiger partial charge is 0.418 e. The van der Waals surface area contributed by atoms with E-state index in [1.807, 2.05) is 0 Å². The van der Waals surface area contributed by atoms with Gasteiger partial charge in [0, 0.05) is 19.7 Å². The maximum Gasteiger partial charge on any atom is 0.418 e. The average molecular weight is 546 g/mol. The number of alkyl halides is 3. The summed E-state index contributed by atoms with van der Waals surface area (Å²) < 4.78 is 64.7. The topological polar surface area (TPSA) is 121 Å². The van der Waals surface area contributed by atoms with Gasteiger partial charge in [-0.3, -0.25) is 14.9 Å². The van der Waals surface area contributed by atoms with Crippen LogP contribution in [0.5, 0.6) is 0 Å². The zero-order valence-corrected chi connectivity index (χ0v) is 20.6. The molecular weight excluding hydrogens is 527 g/mol. The van der Waals surface area contributed by atoms with E-state index in [0.717, 1.165) is 39.5 Å². The van der Waals surface area contributed by atoms with Crippen LogP contribution in [0, 0.1) is 0 Å². The Morgan fingerprint density at radius 3 is 2.31 bits per heavy atom. The van der Waals surface area contributed by atoms with Crippen molar-refractivity contribution in [3.05, 3.63) is 59.7 Å². The van der Waals surface area contributed by atoms with Gasteiger partial charge in [-0.25, -0.2) is 12.7 Å². The number of amides is 2. The Hall–Kier alpha value is -3.01. The van der Waals surface area contributed by atoms with Gasteiger partial charge in [0.1, 0.15) is 0 Å². The van der Waals surface area contributed by atoms with Crippen molar-refractivity contribution in [3.63, 3.8) is 0 Å². The van der Waals surface area contributed by atoms with Crippen LogP contribution < -0.4 is 10.6 Å². The number of sulfonamides is 1. The molecule has 0 spiro atoms. The van der Waals surface area contributed by atoms with Gasteiger partial charge in [0.05, 0.1) is 21.9 Å². The number of rotatable bonds is 8. The molecule has 2 amide bonds. The van der Waals surface area contributed by atoms with Crippen LogP contribution in [0.25, 0.3) is 0 Å². The number of nitrogens with one attached hydrogen (secondary N) is 2. The summed E-state index contributed by atoms with van der Waals surface area (Å²) in [6.45, 7) is 0.